The molecule has 1 saturated heterocycles. The maximum atomic E-state index is 12.4. The van der Waals surface area contributed by atoms with Crippen molar-refractivity contribution in [1.29, 1.82) is 0 Å². The summed E-state index contributed by atoms with van der Waals surface area (Å²) in [5.41, 5.74) is 0. The predicted octanol–water partition coefficient (Wildman–Crippen LogP) is 2.89. The summed E-state index contributed by atoms with van der Waals surface area (Å²) < 4.78 is 17.8. The van der Waals surface area contributed by atoms with Gasteiger partial charge < -0.3 is 4.52 Å². The fraction of sp³-hybridized carbons (Fsp3) is 0.529. The maximum Gasteiger partial charge on any atom is 0.229 e. The van der Waals surface area contributed by atoms with Crippen LogP contribution in [0.3, 0.4) is 0 Å². The molecule has 0 radical (unpaired) electrons. The Hall–Kier alpha value is -1.53. The Labute approximate surface area is 138 Å². The van der Waals surface area contributed by atoms with Crippen molar-refractivity contribution in [1.82, 2.24) is 15.0 Å². The highest BCUT2D eigenvalue weighted by atomic mass is 32.2. The molecule has 5 nitrogen and oxygen atoms in total. The number of likely N-dealkylation sites (tertiary alicyclic amines) is 1. The van der Waals surface area contributed by atoms with Crippen molar-refractivity contribution in [3.05, 3.63) is 42.0 Å². The molecule has 0 spiro atoms. The lowest BCUT2D eigenvalue weighted by atomic mass is 10.2. The van der Waals surface area contributed by atoms with Crippen LogP contribution in [0.1, 0.15) is 49.4 Å². The standard InChI is InChI=1S/C17H21N3O2S/c21-23(14-5-2-1-3-6-14)12-11-20-10-4-7-15(20)16-18-17(22-19-16)13-8-9-13/h1-3,5-6,13,15H,4,7-12H2/t15-,23+/m1/s1. The minimum atomic E-state index is -0.949. The Morgan fingerprint density at radius 3 is 2.83 bits per heavy atom. The van der Waals surface area contributed by atoms with E-state index in [0.29, 0.717) is 11.7 Å². The molecule has 2 heterocycles. The summed E-state index contributed by atoms with van der Waals surface area (Å²) in [4.78, 5) is 7.85. The topological polar surface area (TPSA) is 59.2 Å². The van der Waals surface area contributed by atoms with E-state index in [0.717, 1.165) is 42.5 Å². The first-order valence-corrected chi connectivity index (χ1v) is 9.64. The van der Waals surface area contributed by atoms with Gasteiger partial charge in [0.15, 0.2) is 5.82 Å². The Balaban J connectivity index is 1.38. The predicted molar refractivity (Wildman–Crippen MR) is 87.5 cm³/mol. The van der Waals surface area contributed by atoms with Gasteiger partial charge in [-0.25, -0.2) is 0 Å². The van der Waals surface area contributed by atoms with Crippen LogP contribution in [0.25, 0.3) is 0 Å². The van der Waals surface area contributed by atoms with E-state index < -0.39 is 10.8 Å². The number of aromatic nitrogens is 2. The third-order valence-corrected chi connectivity index (χ3v) is 5.97. The first-order chi connectivity index (χ1) is 11.3. The highest BCUT2D eigenvalue weighted by Crippen LogP contribution is 2.40. The molecule has 0 bridgehead atoms. The summed E-state index contributed by atoms with van der Waals surface area (Å²) in [6, 6.07) is 9.90. The Morgan fingerprint density at radius 2 is 2.04 bits per heavy atom. The molecule has 23 heavy (non-hydrogen) atoms. The molecule has 1 saturated carbocycles. The van der Waals surface area contributed by atoms with Gasteiger partial charge >= 0.3 is 0 Å². The van der Waals surface area contributed by atoms with Crippen LogP contribution in [0.5, 0.6) is 0 Å². The zero-order valence-corrected chi connectivity index (χ0v) is 13.9. The number of nitrogens with zero attached hydrogens (tertiary/aromatic N) is 3. The molecule has 4 rings (SSSR count). The highest BCUT2D eigenvalue weighted by molar-refractivity contribution is 7.85. The molecular formula is C17H21N3O2S. The molecule has 122 valence electrons. The molecule has 0 N–H and O–H groups in total. The Morgan fingerprint density at radius 1 is 1.22 bits per heavy atom. The van der Waals surface area contributed by atoms with Gasteiger partial charge in [-0.1, -0.05) is 23.4 Å². The molecule has 1 aliphatic carbocycles. The average Bonchev–Trinajstić information content (AvgIpc) is 3.14. The molecule has 0 amide bonds. The average molecular weight is 331 g/mol. The molecule has 1 aliphatic heterocycles. The van der Waals surface area contributed by atoms with Crippen LogP contribution >= 0.6 is 0 Å². The van der Waals surface area contributed by atoms with Crippen LogP contribution in [0, 0.1) is 0 Å². The monoisotopic (exact) mass is 331 g/mol. The van der Waals surface area contributed by atoms with E-state index in [-0.39, 0.29) is 6.04 Å². The fourth-order valence-electron chi connectivity index (χ4n) is 3.16. The van der Waals surface area contributed by atoms with Crippen LogP contribution in [0.4, 0.5) is 0 Å². The van der Waals surface area contributed by atoms with E-state index in [1.807, 2.05) is 30.3 Å². The highest BCUT2D eigenvalue weighted by Gasteiger charge is 2.34. The van der Waals surface area contributed by atoms with E-state index in [1.54, 1.807) is 0 Å². The fourth-order valence-corrected chi connectivity index (χ4v) is 4.25. The van der Waals surface area contributed by atoms with Crippen molar-refractivity contribution in [2.24, 2.45) is 0 Å². The zero-order chi connectivity index (χ0) is 15.6. The van der Waals surface area contributed by atoms with Crippen molar-refractivity contribution in [2.45, 2.75) is 42.5 Å². The molecule has 2 atom stereocenters. The van der Waals surface area contributed by atoms with Gasteiger partial charge in [0.05, 0.1) is 16.8 Å². The van der Waals surface area contributed by atoms with Gasteiger partial charge in [-0.2, -0.15) is 4.98 Å². The van der Waals surface area contributed by atoms with Gasteiger partial charge in [0, 0.05) is 23.1 Å². The van der Waals surface area contributed by atoms with Crippen LogP contribution in [0.2, 0.25) is 0 Å². The quantitative estimate of drug-likeness (QED) is 0.814. The zero-order valence-electron chi connectivity index (χ0n) is 13.1. The second-order valence-corrected chi connectivity index (χ2v) is 7.89. The van der Waals surface area contributed by atoms with Crippen LogP contribution < -0.4 is 0 Å². The van der Waals surface area contributed by atoms with Gasteiger partial charge in [-0.15, -0.1) is 0 Å². The van der Waals surface area contributed by atoms with E-state index >= 15 is 0 Å². The van der Waals surface area contributed by atoms with Crippen molar-refractivity contribution in [2.75, 3.05) is 18.8 Å². The minimum Gasteiger partial charge on any atom is -0.339 e. The van der Waals surface area contributed by atoms with Gasteiger partial charge in [-0.05, 0) is 44.4 Å². The minimum absolute atomic E-state index is 0.221. The molecule has 2 aromatic rings. The normalized spacial score (nSPS) is 23.2. The summed E-state index contributed by atoms with van der Waals surface area (Å²) in [6.45, 7) is 1.82. The molecule has 0 unspecified atom stereocenters. The Kier molecular flexibility index (Phi) is 4.27. The van der Waals surface area contributed by atoms with Gasteiger partial charge in [0.25, 0.3) is 0 Å². The van der Waals surface area contributed by atoms with Gasteiger partial charge in [0.1, 0.15) is 0 Å². The molecule has 2 fully saturated rings. The van der Waals surface area contributed by atoms with Crippen molar-refractivity contribution in [3.8, 4) is 0 Å². The number of hydrogen-bond acceptors (Lipinski definition) is 5. The second-order valence-electron chi connectivity index (χ2n) is 6.32. The molecule has 1 aromatic carbocycles. The van der Waals surface area contributed by atoms with Crippen LogP contribution in [0.15, 0.2) is 39.8 Å². The first kappa shape index (κ1) is 15.0. The molecule has 2 aliphatic rings. The number of hydrogen-bond donors (Lipinski definition) is 0. The lowest BCUT2D eigenvalue weighted by Crippen LogP contribution is -2.28. The SMILES string of the molecule is O=[S@@](CCN1CCC[C@@H]1c1noc(C2CC2)n1)c1ccccc1. The molecule has 1 aromatic heterocycles. The largest absolute Gasteiger partial charge is 0.339 e. The lowest BCUT2D eigenvalue weighted by Gasteiger charge is -2.21. The van der Waals surface area contributed by atoms with Crippen LogP contribution in [-0.4, -0.2) is 38.1 Å². The summed E-state index contributed by atoms with van der Waals surface area (Å²) in [5.74, 6) is 2.76. The first-order valence-electron chi connectivity index (χ1n) is 8.32. The van der Waals surface area contributed by atoms with Crippen molar-refractivity contribution < 1.29 is 8.73 Å². The van der Waals surface area contributed by atoms with Crippen LogP contribution in [-0.2, 0) is 10.8 Å². The number of benzene rings is 1. The van der Waals surface area contributed by atoms with Gasteiger partial charge in [0.2, 0.25) is 5.89 Å². The van der Waals surface area contributed by atoms with E-state index in [2.05, 4.69) is 15.0 Å². The summed E-state index contributed by atoms with van der Waals surface area (Å²) in [5, 5.41) is 4.19. The third kappa shape index (κ3) is 3.38. The smallest absolute Gasteiger partial charge is 0.229 e. The summed E-state index contributed by atoms with van der Waals surface area (Å²) >= 11 is 0. The molecular weight excluding hydrogens is 310 g/mol. The van der Waals surface area contributed by atoms with E-state index in [9.17, 15) is 4.21 Å². The van der Waals surface area contributed by atoms with Gasteiger partial charge in [-0.3, -0.25) is 9.11 Å². The summed E-state index contributed by atoms with van der Waals surface area (Å²) in [7, 11) is -0.949. The second kappa shape index (κ2) is 6.53. The Bertz CT molecular complexity index is 684. The van der Waals surface area contributed by atoms with E-state index in [1.165, 1.54) is 12.8 Å². The summed E-state index contributed by atoms with van der Waals surface area (Å²) in [6.07, 6.45) is 4.54. The van der Waals surface area contributed by atoms with E-state index in [4.69, 9.17) is 4.52 Å². The third-order valence-electron chi connectivity index (χ3n) is 4.62. The number of rotatable bonds is 6. The maximum absolute atomic E-state index is 12.4. The van der Waals surface area contributed by atoms with Crippen molar-refractivity contribution >= 4 is 10.8 Å². The molecule has 6 heteroatoms. The van der Waals surface area contributed by atoms with Crippen molar-refractivity contribution in [3.63, 3.8) is 0 Å². The lowest BCUT2D eigenvalue weighted by molar-refractivity contribution is 0.256.